The predicted octanol–water partition coefficient (Wildman–Crippen LogP) is 3.86. The van der Waals surface area contributed by atoms with E-state index in [0.717, 1.165) is 12.4 Å². The fraction of sp³-hybridized carbons (Fsp3) is 0.706. The van der Waals surface area contributed by atoms with Crippen LogP contribution in [0.4, 0.5) is 5.82 Å². The van der Waals surface area contributed by atoms with Crippen LogP contribution in [0.25, 0.3) is 0 Å². The second kappa shape index (κ2) is 6.57. The van der Waals surface area contributed by atoms with Gasteiger partial charge in [-0.1, -0.05) is 13.0 Å². The molecule has 0 radical (unpaired) electrons. The number of rotatable bonds is 5. The maximum Gasteiger partial charge on any atom is 0.128 e. The minimum absolute atomic E-state index is 0.479. The molecule has 1 unspecified atom stereocenters. The molecule has 1 fully saturated rings. The molecule has 3 nitrogen and oxygen atoms in total. The Hall–Kier alpha value is -1.09. The lowest BCUT2D eigenvalue weighted by Gasteiger charge is -2.32. The molecule has 1 aliphatic heterocycles. The monoisotopic (exact) mass is 275 g/mol. The van der Waals surface area contributed by atoms with Crippen LogP contribution in [0.3, 0.4) is 0 Å². The van der Waals surface area contributed by atoms with E-state index in [2.05, 4.69) is 62.7 Å². The second-order valence-electron chi connectivity index (χ2n) is 6.33. The molecular formula is C17H29N3. The Kier molecular flexibility index (Phi) is 5.03. The smallest absolute Gasteiger partial charge is 0.128 e. The highest BCUT2D eigenvalue weighted by Crippen LogP contribution is 2.31. The molecule has 0 N–H and O–H groups in total. The van der Waals surface area contributed by atoms with E-state index in [1.807, 2.05) is 0 Å². The third-order valence-electron chi connectivity index (χ3n) is 4.30. The number of nitrogens with zero attached hydrogens (tertiary/aromatic N) is 3. The summed E-state index contributed by atoms with van der Waals surface area (Å²) in [5, 5.41) is 0. The average Bonchev–Trinajstić information content (AvgIpc) is 2.87. The Bertz CT molecular complexity index is 403. The number of hydrogen-bond acceptors (Lipinski definition) is 3. The molecule has 3 heteroatoms. The number of aromatic nitrogens is 1. The van der Waals surface area contributed by atoms with Crippen LogP contribution in [0, 0.1) is 0 Å². The molecule has 1 aliphatic rings. The lowest BCUT2D eigenvalue weighted by molar-refractivity contribution is 0.271. The first kappa shape index (κ1) is 15.3. The van der Waals surface area contributed by atoms with E-state index < -0.39 is 0 Å². The van der Waals surface area contributed by atoms with Gasteiger partial charge < -0.3 is 4.90 Å². The number of hydrogen-bond donors (Lipinski definition) is 0. The third-order valence-corrected chi connectivity index (χ3v) is 4.30. The van der Waals surface area contributed by atoms with Crippen molar-refractivity contribution in [2.75, 3.05) is 18.0 Å². The lowest BCUT2D eigenvalue weighted by Crippen LogP contribution is -2.37. The molecule has 0 aromatic carbocycles. The van der Waals surface area contributed by atoms with E-state index in [4.69, 9.17) is 4.98 Å². The second-order valence-corrected chi connectivity index (χ2v) is 6.33. The van der Waals surface area contributed by atoms with Crippen LogP contribution >= 0.6 is 0 Å². The van der Waals surface area contributed by atoms with Gasteiger partial charge in [-0.05, 0) is 65.3 Å². The molecule has 1 aromatic heterocycles. The normalized spacial score (nSPS) is 20.1. The first-order chi connectivity index (χ1) is 9.54. The van der Waals surface area contributed by atoms with Gasteiger partial charge in [-0.2, -0.15) is 0 Å². The molecule has 0 spiro atoms. The maximum absolute atomic E-state index is 4.73. The molecule has 1 aromatic rings. The standard InChI is InChI=1S/C17H29N3/c1-6-19-11-7-8-16(19)15-9-10-17(18-12-15)20(13(2)3)14(4)5/h9-10,12-14,16H,6-8,11H2,1-5H3. The van der Waals surface area contributed by atoms with Crippen LogP contribution in [-0.4, -0.2) is 35.1 Å². The highest BCUT2D eigenvalue weighted by molar-refractivity contribution is 5.41. The van der Waals surface area contributed by atoms with Gasteiger partial charge in [0.25, 0.3) is 0 Å². The van der Waals surface area contributed by atoms with Crippen molar-refractivity contribution in [1.29, 1.82) is 0 Å². The van der Waals surface area contributed by atoms with Crippen molar-refractivity contribution in [1.82, 2.24) is 9.88 Å². The topological polar surface area (TPSA) is 19.4 Å². The van der Waals surface area contributed by atoms with E-state index in [1.165, 1.54) is 24.9 Å². The maximum atomic E-state index is 4.73. The van der Waals surface area contributed by atoms with Gasteiger partial charge >= 0.3 is 0 Å². The van der Waals surface area contributed by atoms with Gasteiger partial charge in [-0.15, -0.1) is 0 Å². The van der Waals surface area contributed by atoms with Gasteiger partial charge in [0, 0.05) is 24.3 Å². The van der Waals surface area contributed by atoms with Crippen LogP contribution in [0.2, 0.25) is 0 Å². The largest absolute Gasteiger partial charge is 0.352 e. The Morgan fingerprint density at radius 2 is 1.95 bits per heavy atom. The van der Waals surface area contributed by atoms with Gasteiger partial charge in [-0.3, -0.25) is 4.90 Å². The summed E-state index contributed by atoms with van der Waals surface area (Å²) in [6, 6.07) is 6.01. The van der Waals surface area contributed by atoms with Crippen molar-refractivity contribution in [3.63, 3.8) is 0 Å². The van der Waals surface area contributed by atoms with E-state index in [0.29, 0.717) is 18.1 Å². The Morgan fingerprint density at radius 3 is 2.45 bits per heavy atom. The van der Waals surface area contributed by atoms with E-state index in [9.17, 15) is 0 Å². The quantitative estimate of drug-likeness (QED) is 0.813. The molecule has 2 rings (SSSR count). The zero-order valence-corrected chi connectivity index (χ0v) is 13.6. The Labute approximate surface area is 124 Å². The van der Waals surface area contributed by atoms with E-state index in [1.54, 1.807) is 0 Å². The van der Waals surface area contributed by atoms with Crippen molar-refractivity contribution in [2.45, 2.75) is 65.6 Å². The van der Waals surface area contributed by atoms with Gasteiger partial charge in [0.1, 0.15) is 5.82 Å². The molecule has 0 bridgehead atoms. The van der Waals surface area contributed by atoms with Gasteiger partial charge in [-0.25, -0.2) is 4.98 Å². The Balaban J connectivity index is 2.17. The molecule has 20 heavy (non-hydrogen) atoms. The summed E-state index contributed by atoms with van der Waals surface area (Å²) in [7, 11) is 0. The summed E-state index contributed by atoms with van der Waals surface area (Å²) < 4.78 is 0. The van der Waals surface area contributed by atoms with Crippen LogP contribution < -0.4 is 4.90 Å². The van der Waals surface area contributed by atoms with Crippen molar-refractivity contribution >= 4 is 5.82 Å². The molecule has 0 amide bonds. The van der Waals surface area contributed by atoms with Crippen LogP contribution in [0.15, 0.2) is 18.3 Å². The summed E-state index contributed by atoms with van der Waals surface area (Å²) >= 11 is 0. The minimum atomic E-state index is 0.479. The van der Waals surface area contributed by atoms with Gasteiger partial charge in [0.05, 0.1) is 0 Å². The summed E-state index contributed by atoms with van der Waals surface area (Å²) in [6.07, 6.45) is 4.67. The zero-order valence-electron chi connectivity index (χ0n) is 13.6. The minimum Gasteiger partial charge on any atom is -0.352 e. The van der Waals surface area contributed by atoms with Crippen LogP contribution in [0.1, 0.15) is 59.1 Å². The average molecular weight is 275 g/mol. The van der Waals surface area contributed by atoms with Crippen molar-refractivity contribution in [3.8, 4) is 0 Å². The third kappa shape index (κ3) is 3.14. The fourth-order valence-electron chi connectivity index (χ4n) is 3.45. The lowest BCUT2D eigenvalue weighted by atomic mass is 10.1. The van der Waals surface area contributed by atoms with Crippen LogP contribution in [-0.2, 0) is 0 Å². The van der Waals surface area contributed by atoms with E-state index in [-0.39, 0.29) is 0 Å². The summed E-state index contributed by atoms with van der Waals surface area (Å²) in [4.78, 5) is 9.66. The van der Waals surface area contributed by atoms with Crippen molar-refractivity contribution < 1.29 is 0 Å². The predicted molar refractivity (Wildman–Crippen MR) is 86.2 cm³/mol. The van der Waals surface area contributed by atoms with Crippen molar-refractivity contribution in [3.05, 3.63) is 23.9 Å². The fourth-order valence-corrected chi connectivity index (χ4v) is 3.45. The summed E-state index contributed by atoms with van der Waals surface area (Å²) in [6.45, 7) is 13.5. The van der Waals surface area contributed by atoms with E-state index >= 15 is 0 Å². The highest BCUT2D eigenvalue weighted by atomic mass is 15.2. The molecule has 0 aliphatic carbocycles. The number of pyridine rings is 1. The molecule has 0 saturated carbocycles. The summed E-state index contributed by atoms with van der Waals surface area (Å²) in [5.74, 6) is 1.10. The summed E-state index contributed by atoms with van der Waals surface area (Å²) in [5.41, 5.74) is 1.38. The molecule has 1 saturated heterocycles. The molecule has 2 heterocycles. The molecular weight excluding hydrogens is 246 g/mol. The molecule has 1 atom stereocenters. The molecule has 112 valence electrons. The number of likely N-dealkylation sites (tertiary alicyclic amines) is 1. The van der Waals surface area contributed by atoms with Crippen molar-refractivity contribution in [2.24, 2.45) is 0 Å². The SMILES string of the molecule is CCN1CCCC1c1ccc(N(C(C)C)C(C)C)nc1. The van der Waals surface area contributed by atoms with Gasteiger partial charge in [0.2, 0.25) is 0 Å². The first-order valence-corrected chi connectivity index (χ1v) is 8.03. The first-order valence-electron chi connectivity index (χ1n) is 8.03. The zero-order chi connectivity index (χ0) is 14.7. The Morgan fingerprint density at radius 1 is 1.25 bits per heavy atom. The van der Waals surface area contributed by atoms with Gasteiger partial charge in [0.15, 0.2) is 0 Å². The highest BCUT2D eigenvalue weighted by Gasteiger charge is 2.25. The number of anilines is 1. The van der Waals surface area contributed by atoms with Crippen LogP contribution in [0.5, 0.6) is 0 Å².